The fourth-order valence-electron chi connectivity index (χ4n) is 3.77. The Balaban J connectivity index is 3.05. The van der Waals surface area contributed by atoms with E-state index in [4.69, 9.17) is 0 Å². The third-order valence-corrected chi connectivity index (χ3v) is 5.66. The number of hydrogen-bond acceptors (Lipinski definition) is 0. The molecule has 2 radical (unpaired) electrons. The second kappa shape index (κ2) is 25.7. The molecular formula is C27H52. The van der Waals surface area contributed by atoms with Crippen molar-refractivity contribution in [3.8, 4) is 0 Å². The molecule has 0 unspecified atom stereocenters. The van der Waals surface area contributed by atoms with Gasteiger partial charge in [0.1, 0.15) is 0 Å². The second-order valence-corrected chi connectivity index (χ2v) is 8.47. The molecule has 0 aliphatic rings. The molecule has 0 aromatic rings. The smallest absolute Gasteiger partial charge is 0.0351 e. The molecule has 0 atom stereocenters. The van der Waals surface area contributed by atoms with Gasteiger partial charge >= 0.3 is 0 Å². The first-order chi connectivity index (χ1) is 13.4. The Morgan fingerprint density at radius 3 is 0.778 bits per heavy atom. The first kappa shape index (κ1) is 26.7. The lowest BCUT2D eigenvalue weighted by Crippen LogP contribution is -1.82. The molecule has 0 nitrogen and oxygen atoms in total. The van der Waals surface area contributed by atoms with E-state index in [1.807, 2.05) is 0 Å². The van der Waals surface area contributed by atoms with Gasteiger partial charge in [0.15, 0.2) is 0 Å². The highest BCUT2D eigenvalue weighted by atomic mass is 14.0. The molecule has 0 bridgehead atoms. The fraction of sp³-hybridized carbons (Fsp3) is 0.852. The van der Waals surface area contributed by atoms with E-state index in [1.165, 1.54) is 135 Å². The van der Waals surface area contributed by atoms with Gasteiger partial charge in [0.2, 0.25) is 0 Å². The number of rotatable bonds is 23. The molecule has 0 heteroatoms. The van der Waals surface area contributed by atoms with Crippen molar-refractivity contribution in [2.24, 2.45) is 0 Å². The van der Waals surface area contributed by atoms with Crippen LogP contribution in [-0.4, -0.2) is 0 Å². The zero-order chi connectivity index (χ0) is 19.7. The highest BCUT2D eigenvalue weighted by Crippen LogP contribution is 2.13. The van der Waals surface area contributed by atoms with Crippen molar-refractivity contribution in [1.82, 2.24) is 0 Å². The van der Waals surface area contributed by atoms with Crippen LogP contribution in [0.2, 0.25) is 0 Å². The number of hydrogen-bond donors (Lipinski definition) is 0. The van der Waals surface area contributed by atoms with Crippen molar-refractivity contribution < 1.29 is 0 Å². The summed E-state index contributed by atoms with van der Waals surface area (Å²) in [6.07, 6.45) is 36.7. The molecule has 0 aromatic heterocycles. The molecule has 0 rings (SSSR count). The molecule has 0 aromatic carbocycles. The van der Waals surface area contributed by atoms with E-state index in [9.17, 15) is 0 Å². The van der Waals surface area contributed by atoms with Crippen molar-refractivity contribution in [3.63, 3.8) is 0 Å². The Morgan fingerprint density at radius 2 is 0.519 bits per heavy atom. The molecule has 0 aliphatic carbocycles. The van der Waals surface area contributed by atoms with Crippen molar-refractivity contribution in [3.05, 3.63) is 26.0 Å². The zero-order valence-electron chi connectivity index (χ0n) is 18.8. The van der Waals surface area contributed by atoms with Crippen LogP contribution in [0, 0.1) is 13.8 Å². The molecule has 0 amide bonds. The summed E-state index contributed by atoms with van der Waals surface area (Å²) >= 11 is 0. The van der Waals surface area contributed by atoms with Crippen LogP contribution >= 0.6 is 0 Å². The van der Waals surface area contributed by atoms with Crippen LogP contribution in [0.3, 0.4) is 0 Å². The topological polar surface area (TPSA) is 0 Å². The van der Waals surface area contributed by atoms with Crippen LogP contribution < -0.4 is 0 Å². The normalized spacial score (nSPS) is 11.6. The van der Waals surface area contributed by atoms with Gasteiger partial charge in [-0.15, -0.1) is 0 Å². The van der Waals surface area contributed by atoms with Gasteiger partial charge in [0.05, 0.1) is 0 Å². The molecule has 0 spiro atoms. The maximum absolute atomic E-state index is 3.91. The standard InChI is InChI=1S/C27H52/c1-3-5-7-9-11-13-15-17-19-21-23-25-27-26-24-22-20-18-16-14-12-10-8-6-4-2/h25,27H,1-24,26H2. The third kappa shape index (κ3) is 25.7. The summed E-state index contributed by atoms with van der Waals surface area (Å²) < 4.78 is 0. The minimum absolute atomic E-state index is 1.12. The van der Waals surface area contributed by atoms with Crippen molar-refractivity contribution in [2.45, 2.75) is 148 Å². The Bertz CT molecular complexity index is 265. The van der Waals surface area contributed by atoms with Gasteiger partial charge in [-0.1, -0.05) is 148 Å². The lowest BCUT2D eigenvalue weighted by molar-refractivity contribution is 0.553. The van der Waals surface area contributed by atoms with Crippen LogP contribution in [0.1, 0.15) is 148 Å². The van der Waals surface area contributed by atoms with E-state index in [0.29, 0.717) is 0 Å². The average molecular weight is 377 g/mol. The molecular weight excluding hydrogens is 324 g/mol. The van der Waals surface area contributed by atoms with Gasteiger partial charge in [-0.2, -0.15) is 0 Å². The quantitative estimate of drug-likeness (QED) is 0.123. The first-order valence-electron chi connectivity index (χ1n) is 12.6. The van der Waals surface area contributed by atoms with Crippen LogP contribution in [0.4, 0.5) is 0 Å². The lowest BCUT2D eigenvalue weighted by Gasteiger charge is -2.02. The third-order valence-electron chi connectivity index (χ3n) is 5.66. The minimum Gasteiger partial charge on any atom is -0.0885 e. The van der Waals surface area contributed by atoms with E-state index in [1.54, 1.807) is 0 Å². The summed E-state index contributed by atoms with van der Waals surface area (Å²) in [5, 5.41) is 0. The molecule has 27 heavy (non-hydrogen) atoms. The van der Waals surface area contributed by atoms with Crippen LogP contribution in [0.15, 0.2) is 12.2 Å². The Hall–Kier alpha value is -0.260. The van der Waals surface area contributed by atoms with Crippen LogP contribution in [0.5, 0.6) is 0 Å². The first-order valence-corrected chi connectivity index (χ1v) is 12.6. The van der Waals surface area contributed by atoms with E-state index < -0.39 is 0 Å². The molecule has 0 saturated heterocycles. The summed E-state index contributed by atoms with van der Waals surface area (Å²) in [4.78, 5) is 0. The molecule has 0 N–H and O–H groups in total. The largest absolute Gasteiger partial charge is 0.0885 e. The van der Waals surface area contributed by atoms with Gasteiger partial charge in [-0.05, 0) is 25.7 Å². The van der Waals surface area contributed by atoms with E-state index in [0.717, 1.165) is 12.8 Å². The number of unbranched alkanes of at least 4 members (excludes halogenated alkanes) is 21. The summed E-state index contributed by atoms with van der Waals surface area (Å²) in [6, 6.07) is 0. The SMILES string of the molecule is [CH2]CCCCCCCCCCCC=CCCCCCCCCCCCC[CH2]. The predicted molar refractivity (Wildman–Crippen MR) is 126 cm³/mol. The summed E-state index contributed by atoms with van der Waals surface area (Å²) in [5.41, 5.74) is 0. The van der Waals surface area contributed by atoms with Gasteiger partial charge < -0.3 is 0 Å². The predicted octanol–water partition coefficient (Wildman–Crippen LogP) is 10.2. The summed E-state index contributed by atoms with van der Waals surface area (Å²) in [6.45, 7) is 7.81. The Kier molecular flexibility index (Phi) is 25.5. The van der Waals surface area contributed by atoms with Gasteiger partial charge in [-0.25, -0.2) is 0 Å². The van der Waals surface area contributed by atoms with Crippen LogP contribution in [0.25, 0.3) is 0 Å². The molecule has 0 fully saturated rings. The zero-order valence-corrected chi connectivity index (χ0v) is 18.8. The van der Waals surface area contributed by atoms with Gasteiger partial charge in [0.25, 0.3) is 0 Å². The molecule has 0 aliphatic heterocycles. The van der Waals surface area contributed by atoms with E-state index >= 15 is 0 Å². The van der Waals surface area contributed by atoms with E-state index in [-0.39, 0.29) is 0 Å². The Labute approximate surface area is 174 Å². The van der Waals surface area contributed by atoms with Gasteiger partial charge in [0, 0.05) is 0 Å². The highest BCUT2D eigenvalue weighted by molar-refractivity contribution is 4.81. The van der Waals surface area contributed by atoms with Crippen molar-refractivity contribution in [1.29, 1.82) is 0 Å². The van der Waals surface area contributed by atoms with Crippen LogP contribution in [-0.2, 0) is 0 Å². The molecule has 160 valence electrons. The van der Waals surface area contributed by atoms with Crippen molar-refractivity contribution in [2.75, 3.05) is 0 Å². The fourth-order valence-corrected chi connectivity index (χ4v) is 3.77. The van der Waals surface area contributed by atoms with Gasteiger partial charge in [-0.3, -0.25) is 0 Å². The lowest BCUT2D eigenvalue weighted by atomic mass is 10.0. The van der Waals surface area contributed by atoms with Crippen molar-refractivity contribution >= 4 is 0 Å². The van der Waals surface area contributed by atoms with E-state index in [2.05, 4.69) is 26.0 Å². The molecule has 0 heterocycles. The molecule has 0 saturated carbocycles. The monoisotopic (exact) mass is 376 g/mol. The summed E-state index contributed by atoms with van der Waals surface area (Å²) in [5.74, 6) is 0. The summed E-state index contributed by atoms with van der Waals surface area (Å²) in [7, 11) is 0. The average Bonchev–Trinajstić information content (AvgIpc) is 2.68. The number of allylic oxidation sites excluding steroid dienone is 2. The maximum Gasteiger partial charge on any atom is -0.0351 e. The Morgan fingerprint density at radius 1 is 0.296 bits per heavy atom. The maximum atomic E-state index is 3.91. The second-order valence-electron chi connectivity index (χ2n) is 8.47. The highest BCUT2D eigenvalue weighted by Gasteiger charge is 1.93. The minimum atomic E-state index is 1.12.